The van der Waals surface area contributed by atoms with E-state index in [0.29, 0.717) is 6.61 Å². The molecule has 1 aliphatic heterocycles. The molecule has 1 saturated heterocycles. The number of piperazine rings is 1. The second kappa shape index (κ2) is 9.94. The summed E-state index contributed by atoms with van der Waals surface area (Å²) in [4.78, 5) is 9.46. The molecule has 0 radical (unpaired) electrons. The number of rotatable bonds is 8. The Morgan fingerprint density at radius 3 is 2.23 bits per heavy atom. The van der Waals surface area contributed by atoms with E-state index in [1.807, 2.05) is 6.92 Å². The van der Waals surface area contributed by atoms with Crippen molar-refractivity contribution in [2.75, 3.05) is 26.2 Å². The predicted molar refractivity (Wildman–Crippen MR) is 127 cm³/mol. The Kier molecular flexibility index (Phi) is 7.73. The van der Waals surface area contributed by atoms with Crippen molar-refractivity contribution in [3.8, 4) is 0 Å². The SMILES string of the molecule is CCc1noc([C@H](C)N2CCN(Cc3ccc(CO[Si](C)(C)C(C)(C)C)cc3)CC2)n1. The minimum absolute atomic E-state index is 0.176. The van der Waals surface area contributed by atoms with Crippen LogP contribution in [-0.2, 0) is 24.0 Å². The van der Waals surface area contributed by atoms with Crippen molar-refractivity contribution in [1.29, 1.82) is 0 Å². The van der Waals surface area contributed by atoms with Gasteiger partial charge in [-0.2, -0.15) is 4.98 Å². The van der Waals surface area contributed by atoms with Crippen molar-refractivity contribution < 1.29 is 8.95 Å². The van der Waals surface area contributed by atoms with Crippen molar-refractivity contribution in [3.05, 3.63) is 47.1 Å². The van der Waals surface area contributed by atoms with Crippen molar-refractivity contribution in [2.24, 2.45) is 0 Å². The standard InChI is InChI=1S/C24H40N4O2Si/c1-8-22-25-23(30-26-22)19(2)28-15-13-27(14-16-28)17-20-9-11-21(12-10-20)18-29-31(6,7)24(3,4)5/h9-12,19H,8,13-18H2,1-7H3/t19-/m0/s1. The molecule has 0 unspecified atom stereocenters. The molecule has 1 aromatic carbocycles. The quantitative estimate of drug-likeness (QED) is 0.532. The Morgan fingerprint density at radius 2 is 1.68 bits per heavy atom. The summed E-state index contributed by atoms with van der Waals surface area (Å²) in [6.45, 7) is 21.5. The number of hydrogen-bond acceptors (Lipinski definition) is 6. The fraction of sp³-hybridized carbons (Fsp3) is 0.667. The summed E-state index contributed by atoms with van der Waals surface area (Å²) in [5, 5.41) is 4.28. The monoisotopic (exact) mass is 444 g/mol. The zero-order valence-corrected chi connectivity index (χ0v) is 21.4. The lowest BCUT2D eigenvalue weighted by Crippen LogP contribution is -2.46. The minimum atomic E-state index is -1.71. The summed E-state index contributed by atoms with van der Waals surface area (Å²) in [5.41, 5.74) is 2.63. The van der Waals surface area contributed by atoms with E-state index in [1.54, 1.807) is 0 Å². The molecule has 0 bridgehead atoms. The predicted octanol–water partition coefficient (Wildman–Crippen LogP) is 5.03. The molecule has 0 saturated carbocycles. The molecule has 0 spiro atoms. The summed E-state index contributed by atoms with van der Waals surface area (Å²) in [7, 11) is -1.71. The van der Waals surface area contributed by atoms with E-state index in [-0.39, 0.29) is 11.1 Å². The van der Waals surface area contributed by atoms with E-state index in [2.05, 4.69) is 85.0 Å². The molecule has 2 heterocycles. The first-order valence-electron chi connectivity index (χ1n) is 11.6. The molecule has 2 aromatic rings. The average Bonchev–Trinajstić information content (AvgIpc) is 3.22. The molecule has 7 heteroatoms. The molecule has 31 heavy (non-hydrogen) atoms. The lowest BCUT2D eigenvalue weighted by Gasteiger charge is -2.37. The molecule has 0 aliphatic carbocycles. The molecule has 1 atom stereocenters. The van der Waals surface area contributed by atoms with Gasteiger partial charge in [0, 0.05) is 39.1 Å². The van der Waals surface area contributed by atoms with Gasteiger partial charge in [0.15, 0.2) is 14.1 Å². The molecule has 0 N–H and O–H groups in total. The first-order chi connectivity index (χ1) is 14.6. The number of benzene rings is 1. The highest BCUT2D eigenvalue weighted by atomic mass is 28.4. The molecule has 3 rings (SSSR count). The van der Waals surface area contributed by atoms with Gasteiger partial charge in [0.2, 0.25) is 5.89 Å². The van der Waals surface area contributed by atoms with Gasteiger partial charge in [-0.3, -0.25) is 9.80 Å². The second-order valence-corrected chi connectivity index (χ2v) is 15.1. The van der Waals surface area contributed by atoms with Gasteiger partial charge in [-0.1, -0.05) is 57.1 Å². The van der Waals surface area contributed by atoms with E-state index >= 15 is 0 Å². The fourth-order valence-electron chi connectivity index (χ4n) is 3.53. The maximum atomic E-state index is 6.35. The van der Waals surface area contributed by atoms with Crippen LogP contribution < -0.4 is 0 Å². The molecular formula is C24H40N4O2Si. The number of nitrogens with zero attached hydrogens (tertiary/aromatic N) is 4. The van der Waals surface area contributed by atoms with Crippen LogP contribution in [-0.4, -0.2) is 54.4 Å². The topological polar surface area (TPSA) is 54.6 Å². The zero-order chi connectivity index (χ0) is 22.6. The Labute approximate surface area is 189 Å². The normalized spacial score (nSPS) is 17.8. The highest BCUT2D eigenvalue weighted by Gasteiger charge is 2.37. The molecule has 0 amide bonds. The fourth-order valence-corrected chi connectivity index (χ4v) is 4.49. The Bertz CT molecular complexity index is 821. The number of aryl methyl sites for hydroxylation is 1. The first kappa shape index (κ1) is 24.1. The van der Waals surface area contributed by atoms with Crippen LogP contribution in [0, 0.1) is 0 Å². The van der Waals surface area contributed by atoms with Crippen LogP contribution in [0.15, 0.2) is 28.8 Å². The van der Waals surface area contributed by atoms with Gasteiger partial charge < -0.3 is 8.95 Å². The lowest BCUT2D eigenvalue weighted by atomic mass is 10.1. The van der Waals surface area contributed by atoms with Gasteiger partial charge in [-0.05, 0) is 36.2 Å². The van der Waals surface area contributed by atoms with Crippen LogP contribution in [0.2, 0.25) is 18.1 Å². The van der Waals surface area contributed by atoms with Crippen molar-refractivity contribution in [1.82, 2.24) is 19.9 Å². The number of hydrogen-bond donors (Lipinski definition) is 0. The summed E-state index contributed by atoms with van der Waals surface area (Å²) in [6, 6.07) is 9.13. The molecular weight excluding hydrogens is 404 g/mol. The van der Waals surface area contributed by atoms with Crippen LogP contribution in [0.1, 0.15) is 63.5 Å². The van der Waals surface area contributed by atoms with Crippen LogP contribution in [0.5, 0.6) is 0 Å². The van der Waals surface area contributed by atoms with Gasteiger partial charge in [0.05, 0.1) is 12.6 Å². The number of aromatic nitrogens is 2. The lowest BCUT2D eigenvalue weighted by molar-refractivity contribution is 0.0845. The van der Waals surface area contributed by atoms with Crippen LogP contribution in [0.3, 0.4) is 0 Å². The molecule has 172 valence electrons. The van der Waals surface area contributed by atoms with Crippen molar-refractivity contribution in [2.45, 2.75) is 78.4 Å². The third-order valence-corrected chi connectivity index (χ3v) is 11.4. The summed E-state index contributed by atoms with van der Waals surface area (Å²) < 4.78 is 11.8. The van der Waals surface area contributed by atoms with Gasteiger partial charge in [0.1, 0.15) is 0 Å². The van der Waals surface area contributed by atoms with Crippen molar-refractivity contribution >= 4 is 8.32 Å². The summed E-state index contributed by atoms with van der Waals surface area (Å²) >= 11 is 0. The van der Waals surface area contributed by atoms with Gasteiger partial charge in [-0.15, -0.1) is 0 Å². The molecule has 1 aliphatic rings. The highest BCUT2D eigenvalue weighted by molar-refractivity contribution is 6.74. The highest BCUT2D eigenvalue weighted by Crippen LogP contribution is 2.37. The summed E-state index contributed by atoms with van der Waals surface area (Å²) in [6.07, 6.45) is 0.811. The van der Waals surface area contributed by atoms with Crippen LogP contribution in [0.25, 0.3) is 0 Å². The van der Waals surface area contributed by atoms with E-state index in [1.165, 1.54) is 11.1 Å². The van der Waals surface area contributed by atoms with E-state index in [4.69, 9.17) is 8.95 Å². The van der Waals surface area contributed by atoms with Crippen LogP contribution >= 0.6 is 0 Å². The largest absolute Gasteiger partial charge is 0.413 e. The second-order valence-electron chi connectivity index (χ2n) is 10.3. The summed E-state index contributed by atoms with van der Waals surface area (Å²) in [5.74, 6) is 1.53. The molecule has 1 fully saturated rings. The Balaban J connectivity index is 1.46. The van der Waals surface area contributed by atoms with Gasteiger partial charge >= 0.3 is 0 Å². The minimum Gasteiger partial charge on any atom is -0.413 e. The van der Waals surface area contributed by atoms with E-state index < -0.39 is 8.32 Å². The molecule has 6 nitrogen and oxygen atoms in total. The Hall–Kier alpha value is -1.54. The first-order valence-corrected chi connectivity index (χ1v) is 14.5. The third kappa shape index (κ3) is 6.25. The third-order valence-electron chi connectivity index (χ3n) is 6.95. The van der Waals surface area contributed by atoms with E-state index in [0.717, 1.165) is 50.9 Å². The zero-order valence-electron chi connectivity index (χ0n) is 20.4. The maximum absolute atomic E-state index is 6.35. The average molecular weight is 445 g/mol. The van der Waals surface area contributed by atoms with Crippen LogP contribution in [0.4, 0.5) is 0 Å². The maximum Gasteiger partial charge on any atom is 0.243 e. The van der Waals surface area contributed by atoms with Gasteiger partial charge in [0.25, 0.3) is 0 Å². The van der Waals surface area contributed by atoms with E-state index in [9.17, 15) is 0 Å². The Morgan fingerprint density at radius 1 is 1.06 bits per heavy atom. The smallest absolute Gasteiger partial charge is 0.243 e. The van der Waals surface area contributed by atoms with Gasteiger partial charge in [-0.25, -0.2) is 0 Å². The van der Waals surface area contributed by atoms with Crippen molar-refractivity contribution in [3.63, 3.8) is 0 Å². The molecule has 1 aromatic heterocycles.